The Hall–Kier alpha value is -3.81. The zero-order chi connectivity index (χ0) is 27.0. The number of carbonyl (C=O) groups is 1. The monoisotopic (exact) mass is 515 g/mol. The molecule has 2 aromatic rings. The van der Waals surface area contributed by atoms with Crippen LogP contribution in [-0.2, 0) is 21.4 Å². The summed E-state index contributed by atoms with van der Waals surface area (Å²) in [6, 6.07) is 6.99. The van der Waals surface area contributed by atoms with E-state index in [-0.39, 0.29) is 11.6 Å². The third-order valence-corrected chi connectivity index (χ3v) is 6.27. The van der Waals surface area contributed by atoms with Crippen LogP contribution < -0.4 is 10.6 Å². The lowest BCUT2D eigenvalue weighted by Gasteiger charge is -2.38. The number of amides is 1. The fraction of sp³-hybridized carbons (Fsp3) is 0.462. The molecule has 8 nitrogen and oxygen atoms in total. The predicted molar refractivity (Wildman–Crippen MR) is 130 cm³/mol. The van der Waals surface area contributed by atoms with Crippen LogP contribution in [0.4, 0.5) is 23.7 Å². The van der Waals surface area contributed by atoms with Gasteiger partial charge in [0.05, 0.1) is 17.3 Å². The zero-order valence-electron chi connectivity index (χ0n) is 21.0. The molecule has 2 N–H and O–H groups in total. The number of hydrogen-bond acceptors (Lipinski definition) is 7. The lowest BCUT2D eigenvalue weighted by atomic mass is 9.84. The van der Waals surface area contributed by atoms with E-state index in [1.165, 1.54) is 18.3 Å². The van der Waals surface area contributed by atoms with Crippen LogP contribution in [0.5, 0.6) is 0 Å². The van der Waals surface area contributed by atoms with Gasteiger partial charge >= 0.3 is 12.0 Å². The summed E-state index contributed by atoms with van der Waals surface area (Å²) in [5.41, 5.74) is -0.995. The van der Waals surface area contributed by atoms with Gasteiger partial charge < -0.3 is 14.8 Å². The van der Waals surface area contributed by atoms with Crippen LogP contribution in [-0.4, -0.2) is 35.2 Å². The van der Waals surface area contributed by atoms with Crippen molar-refractivity contribution >= 4 is 17.8 Å². The molecule has 4 rings (SSSR count). The Kier molecular flexibility index (Phi) is 6.79. The number of aryl methyl sites for hydroxylation is 1. The number of rotatable bonds is 3. The Morgan fingerprint density at radius 1 is 1.30 bits per heavy atom. The molecule has 2 atom stereocenters. The second kappa shape index (κ2) is 9.57. The van der Waals surface area contributed by atoms with Gasteiger partial charge in [-0.3, -0.25) is 4.98 Å². The van der Waals surface area contributed by atoms with Gasteiger partial charge in [0.15, 0.2) is 12.1 Å². The van der Waals surface area contributed by atoms with Gasteiger partial charge in [0.2, 0.25) is 0 Å². The zero-order valence-corrected chi connectivity index (χ0v) is 21.0. The van der Waals surface area contributed by atoms with Crippen molar-refractivity contribution in [1.82, 2.24) is 10.3 Å². The van der Waals surface area contributed by atoms with E-state index in [0.29, 0.717) is 11.3 Å². The van der Waals surface area contributed by atoms with E-state index in [1.807, 2.05) is 0 Å². The van der Waals surface area contributed by atoms with E-state index in [0.717, 1.165) is 43.5 Å². The smallest absolute Gasteiger partial charge is 0.415 e. The van der Waals surface area contributed by atoms with E-state index >= 15 is 13.2 Å². The molecule has 11 heteroatoms. The highest BCUT2D eigenvalue weighted by atomic mass is 19.3. The first kappa shape index (κ1) is 26.3. The molecule has 2 heterocycles. The molecule has 1 aromatic carbocycles. The topological polar surface area (TPSA) is 109 Å². The Balaban J connectivity index is 1.65. The van der Waals surface area contributed by atoms with Crippen LogP contribution in [0.1, 0.15) is 69.0 Å². The maximum Gasteiger partial charge on any atom is 0.415 e. The van der Waals surface area contributed by atoms with Crippen LogP contribution in [0.25, 0.3) is 0 Å². The van der Waals surface area contributed by atoms with Gasteiger partial charge in [0.25, 0.3) is 6.02 Å². The standard InChI is InChI=1S/C26H28F3N5O3/c1-24(2,3)37-23(35)33-22-34-25(4,26(28,29)14-36-22)18-11-17(8-9-19(18)27)32-20-7-5-6-16-10-15(12-30)13-31-21(16)20/h8-11,13,20,32H,5-7,14H2,1-4H3,(H,33,34,35)/t20?,25-/m1/s1. The van der Waals surface area contributed by atoms with E-state index < -0.39 is 41.6 Å². The van der Waals surface area contributed by atoms with E-state index in [2.05, 4.69) is 26.7 Å². The van der Waals surface area contributed by atoms with Crippen molar-refractivity contribution in [3.8, 4) is 6.07 Å². The number of halogens is 3. The maximum absolute atomic E-state index is 15.2. The summed E-state index contributed by atoms with van der Waals surface area (Å²) < 4.78 is 55.4. The third kappa shape index (κ3) is 5.48. The molecule has 1 aliphatic heterocycles. The Morgan fingerprint density at radius 3 is 2.76 bits per heavy atom. The summed E-state index contributed by atoms with van der Waals surface area (Å²) >= 11 is 0. The molecule has 196 valence electrons. The van der Waals surface area contributed by atoms with Crippen LogP contribution in [0, 0.1) is 17.1 Å². The summed E-state index contributed by atoms with van der Waals surface area (Å²) in [6.45, 7) is 4.91. The number of nitriles is 1. The first-order chi connectivity index (χ1) is 17.3. The average molecular weight is 516 g/mol. The fourth-order valence-electron chi connectivity index (χ4n) is 4.39. The summed E-state index contributed by atoms with van der Waals surface area (Å²) in [5.74, 6) is -4.46. The molecular weight excluding hydrogens is 487 g/mol. The van der Waals surface area contributed by atoms with Gasteiger partial charge in [-0.05, 0) is 76.8 Å². The number of carbonyl (C=O) groups excluding carboxylic acids is 1. The number of alkyl carbamates (subject to hydrolysis) is 1. The van der Waals surface area contributed by atoms with E-state index in [9.17, 15) is 4.79 Å². The van der Waals surface area contributed by atoms with Gasteiger partial charge in [-0.15, -0.1) is 0 Å². The lowest BCUT2D eigenvalue weighted by Crippen LogP contribution is -2.53. The minimum Gasteiger partial charge on any atom is -0.458 e. The van der Waals surface area contributed by atoms with E-state index in [1.54, 1.807) is 26.8 Å². The summed E-state index contributed by atoms with van der Waals surface area (Å²) in [5, 5.41) is 14.6. The molecule has 0 spiro atoms. The highest BCUT2D eigenvalue weighted by molar-refractivity contribution is 5.91. The molecule has 0 bridgehead atoms. The summed E-state index contributed by atoms with van der Waals surface area (Å²) in [6.07, 6.45) is 2.90. The van der Waals surface area contributed by atoms with Crippen molar-refractivity contribution in [3.63, 3.8) is 0 Å². The van der Waals surface area contributed by atoms with Gasteiger partial charge in [-0.25, -0.2) is 19.5 Å². The minimum atomic E-state index is -3.59. The Morgan fingerprint density at radius 2 is 2.05 bits per heavy atom. The number of aliphatic imine (C=N–C) groups is 1. The van der Waals surface area contributed by atoms with Gasteiger partial charge in [-0.2, -0.15) is 14.0 Å². The third-order valence-electron chi connectivity index (χ3n) is 6.27. The molecule has 37 heavy (non-hydrogen) atoms. The van der Waals surface area contributed by atoms with Crippen LogP contribution in [0.15, 0.2) is 35.5 Å². The normalized spacial score (nSPS) is 22.5. The number of amidine groups is 1. The van der Waals surface area contributed by atoms with Crippen molar-refractivity contribution in [2.75, 3.05) is 11.9 Å². The number of nitrogens with zero attached hydrogens (tertiary/aromatic N) is 3. The number of hydrogen-bond donors (Lipinski definition) is 2. The molecule has 1 amide bonds. The number of pyridine rings is 1. The second-order valence-electron chi connectivity index (χ2n) is 10.3. The quantitative estimate of drug-likeness (QED) is 0.571. The molecule has 0 saturated carbocycles. The van der Waals surface area contributed by atoms with Crippen LogP contribution in [0.3, 0.4) is 0 Å². The summed E-state index contributed by atoms with van der Waals surface area (Å²) in [7, 11) is 0. The first-order valence-corrected chi connectivity index (χ1v) is 11.9. The van der Waals surface area contributed by atoms with Crippen molar-refractivity contribution in [3.05, 3.63) is 58.7 Å². The second-order valence-corrected chi connectivity index (χ2v) is 10.3. The molecule has 0 radical (unpaired) electrons. The number of ether oxygens (including phenoxy) is 2. The maximum atomic E-state index is 15.2. The van der Waals surface area contributed by atoms with Crippen molar-refractivity contribution in [1.29, 1.82) is 5.26 Å². The summed E-state index contributed by atoms with van der Waals surface area (Å²) in [4.78, 5) is 20.5. The van der Waals surface area contributed by atoms with Crippen molar-refractivity contribution < 1.29 is 27.4 Å². The minimum absolute atomic E-state index is 0.245. The molecule has 0 fully saturated rings. The molecule has 0 saturated heterocycles. The first-order valence-electron chi connectivity index (χ1n) is 11.9. The number of fused-ring (bicyclic) bond motifs is 1. The number of nitrogens with one attached hydrogen (secondary N) is 2. The van der Waals surface area contributed by atoms with Crippen molar-refractivity contribution in [2.24, 2.45) is 4.99 Å². The average Bonchev–Trinajstić information content (AvgIpc) is 2.81. The molecule has 1 unspecified atom stereocenters. The highest BCUT2D eigenvalue weighted by Crippen LogP contribution is 2.45. The van der Waals surface area contributed by atoms with Crippen LogP contribution in [0.2, 0.25) is 0 Å². The largest absolute Gasteiger partial charge is 0.458 e. The molecular formula is C26H28F3N5O3. The Bertz CT molecular complexity index is 1290. The van der Waals surface area contributed by atoms with Crippen molar-refractivity contribution in [2.45, 2.75) is 70.1 Å². The molecule has 1 aromatic heterocycles. The molecule has 1 aliphatic carbocycles. The molecule has 2 aliphatic rings. The SMILES string of the molecule is CC(C)(C)OC(=O)NC1=N[C@](C)(c2cc(NC3CCCc4cc(C#N)cnc43)ccc2F)C(F)(F)CO1. The lowest BCUT2D eigenvalue weighted by molar-refractivity contribution is -0.118. The van der Waals surface area contributed by atoms with Gasteiger partial charge in [-0.1, -0.05) is 0 Å². The Labute approximate surface area is 212 Å². The number of anilines is 1. The van der Waals surface area contributed by atoms with Gasteiger partial charge in [0.1, 0.15) is 17.5 Å². The predicted octanol–water partition coefficient (Wildman–Crippen LogP) is 5.34. The number of alkyl halides is 2. The van der Waals surface area contributed by atoms with E-state index in [4.69, 9.17) is 14.7 Å². The number of aromatic nitrogens is 1. The van der Waals surface area contributed by atoms with Gasteiger partial charge in [0, 0.05) is 17.4 Å². The highest BCUT2D eigenvalue weighted by Gasteiger charge is 2.56. The van der Waals surface area contributed by atoms with Crippen LogP contribution >= 0.6 is 0 Å². The number of benzene rings is 1. The fourth-order valence-corrected chi connectivity index (χ4v) is 4.39.